The number of carbonyl (C=O) groups is 1. The van der Waals surface area contributed by atoms with Gasteiger partial charge in [-0.2, -0.15) is 5.26 Å². The maximum Gasteiger partial charge on any atom is 0.279 e. The van der Waals surface area contributed by atoms with Crippen LogP contribution in [0.3, 0.4) is 0 Å². The van der Waals surface area contributed by atoms with Crippen molar-refractivity contribution in [2.24, 2.45) is 0 Å². The summed E-state index contributed by atoms with van der Waals surface area (Å²) in [5.41, 5.74) is 0.864. The van der Waals surface area contributed by atoms with Gasteiger partial charge in [-0.05, 0) is 29.6 Å². The number of anilines is 1. The van der Waals surface area contributed by atoms with E-state index in [9.17, 15) is 4.79 Å². The molecule has 2 rings (SSSR count). The van der Waals surface area contributed by atoms with Crippen LogP contribution in [0.1, 0.15) is 10.4 Å². The number of halogens is 1. The van der Waals surface area contributed by atoms with E-state index < -0.39 is 0 Å². The molecule has 0 saturated heterocycles. The molecule has 0 aliphatic carbocycles. The number of amides is 1. The zero-order valence-corrected chi connectivity index (χ0v) is 13.1. The van der Waals surface area contributed by atoms with Crippen molar-refractivity contribution in [3.8, 4) is 6.07 Å². The summed E-state index contributed by atoms with van der Waals surface area (Å²) in [6.45, 7) is 1.13. The van der Waals surface area contributed by atoms with E-state index in [1.165, 1.54) is 4.88 Å². The van der Waals surface area contributed by atoms with Crippen LogP contribution < -0.4 is 10.2 Å². The molecule has 0 bridgehead atoms. The van der Waals surface area contributed by atoms with Gasteiger partial charge in [0, 0.05) is 5.02 Å². The Kier molecular flexibility index (Phi) is 5.34. The van der Waals surface area contributed by atoms with E-state index >= 15 is 0 Å². The second-order valence-corrected chi connectivity index (χ2v) is 6.21. The monoisotopic (exact) mass is 320 g/mol. The van der Waals surface area contributed by atoms with Crippen molar-refractivity contribution in [1.82, 2.24) is 0 Å². The number of likely N-dealkylation sites (N-methyl/N-ethyl adjacent to an activating group) is 1. The lowest BCUT2D eigenvalue weighted by atomic mass is 10.2. The zero-order chi connectivity index (χ0) is 15.2. The molecule has 0 fully saturated rings. The Balaban J connectivity index is 1.95. The molecular formula is C15H15ClN3OS+. The molecule has 6 heteroatoms. The first kappa shape index (κ1) is 15.5. The third kappa shape index (κ3) is 4.57. The maximum absolute atomic E-state index is 12.0. The number of nitriles is 1. The van der Waals surface area contributed by atoms with Gasteiger partial charge in [0.2, 0.25) is 0 Å². The first-order valence-corrected chi connectivity index (χ1v) is 7.67. The van der Waals surface area contributed by atoms with E-state index in [0.29, 0.717) is 22.8 Å². The standard InChI is InChI=1S/C15H14ClN3OS/c1-19(9-13-3-2-6-21-13)10-15(20)18-14-7-12(16)5-4-11(14)8-17/h2-7H,9-10H2,1H3,(H,18,20)/p+1. The predicted molar refractivity (Wildman–Crippen MR) is 84.6 cm³/mol. The van der Waals surface area contributed by atoms with Crippen molar-refractivity contribution >= 4 is 34.5 Å². The Morgan fingerprint density at radius 1 is 1.48 bits per heavy atom. The van der Waals surface area contributed by atoms with Crippen LogP contribution in [-0.2, 0) is 11.3 Å². The molecule has 0 radical (unpaired) electrons. The molecule has 0 aliphatic heterocycles. The van der Waals surface area contributed by atoms with Crippen molar-refractivity contribution in [3.05, 3.63) is 51.2 Å². The molecule has 1 amide bonds. The topological polar surface area (TPSA) is 57.3 Å². The van der Waals surface area contributed by atoms with Gasteiger partial charge >= 0.3 is 0 Å². The van der Waals surface area contributed by atoms with Gasteiger partial charge in [0.15, 0.2) is 6.54 Å². The van der Waals surface area contributed by atoms with E-state index in [-0.39, 0.29) is 5.91 Å². The van der Waals surface area contributed by atoms with Gasteiger partial charge in [0.1, 0.15) is 12.6 Å². The molecule has 4 nitrogen and oxygen atoms in total. The normalized spacial score (nSPS) is 11.7. The van der Waals surface area contributed by atoms with Crippen LogP contribution in [0.4, 0.5) is 5.69 Å². The van der Waals surface area contributed by atoms with Crippen LogP contribution in [0.25, 0.3) is 0 Å². The van der Waals surface area contributed by atoms with Crippen LogP contribution >= 0.6 is 22.9 Å². The fourth-order valence-corrected chi connectivity index (χ4v) is 2.95. The number of quaternary nitrogens is 1. The summed E-state index contributed by atoms with van der Waals surface area (Å²) in [5, 5.41) is 14.3. The molecule has 1 aromatic carbocycles. The van der Waals surface area contributed by atoms with E-state index in [0.717, 1.165) is 11.4 Å². The molecule has 2 aromatic rings. The minimum absolute atomic E-state index is 0.136. The van der Waals surface area contributed by atoms with Crippen LogP contribution in [0, 0.1) is 11.3 Å². The number of hydrogen-bond donors (Lipinski definition) is 2. The van der Waals surface area contributed by atoms with Gasteiger partial charge in [-0.3, -0.25) is 4.79 Å². The minimum atomic E-state index is -0.136. The van der Waals surface area contributed by atoms with E-state index in [1.807, 2.05) is 24.6 Å². The third-order valence-corrected chi connectivity index (χ3v) is 4.01. The summed E-state index contributed by atoms with van der Waals surface area (Å²) in [4.78, 5) is 14.4. The first-order valence-electron chi connectivity index (χ1n) is 6.41. The largest absolute Gasteiger partial charge is 0.325 e. The van der Waals surface area contributed by atoms with Crippen LogP contribution in [0.5, 0.6) is 0 Å². The van der Waals surface area contributed by atoms with E-state index in [2.05, 4.69) is 11.4 Å². The fraction of sp³-hybridized carbons (Fsp3) is 0.200. The molecule has 21 heavy (non-hydrogen) atoms. The lowest BCUT2D eigenvalue weighted by Crippen LogP contribution is -3.08. The number of nitrogens with zero attached hydrogens (tertiary/aromatic N) is 1. The van der Waals surface area contributed by atoms with Crippen LogP contribution in [-0.4, -0.2) is 19.5 Å². The number of rotatable bonds is 5. The highest BCUT2D eigenvalue weighted by Crippen LogP contribution is 2.20. The molecule has 108 valence electrons. The quantitative estimate of drug-likeness (QED) is 0.884. The summed E-state index contributed by atoms with van der Waals surface area (Å²) in [6.07, 6.45) is 0. The van der Waals surface area contributed by atoms with Gasteiger partial charge < -0.3 is 10.2 Å². The minimum Gasteiger partial charge on any atom is -0.325 e. The highest BCUT2D eigenvalue weighted by Gasteiger charge is 2.13. The average Bonchev–Trinajstić information content (AvgIpc) is 2.91. The number of nitrogens with one attached hydrogen (secondary N) is 2. The first-order chi connectivity index (χ1) is 10.1. The summed E-state index contributed by atoms with van der Waals surface area (Å²) >= 11 is 7.57. The van der Waals surface area contributed by atoms with Crippen molar-refractivity contribution in [3.63, 3.8) is 0 Å². The molecule has 1 unspecified atom stereocenters. The van der Waals surface area contributed by atoms with Crippen molar-refractivity contribution in [2.75, 3.05) is 18.9 Å². The molecule has 1 aromatic heterocycles. The third-order valence-electron chi connectivity index (χ3n) is 2.89. The van der Waals surface area contributed by atoms with Gasteiger partial charge in [0.25, 0.3) is 5.91 Å². The van der Waals surface area contributed by atoms with Crippen molar-refractivity contribution in [2.45, 2.75) is 6.54 Å². The van der Waals surface area contributed by atoms with Gasteiger partial charge in [-0.15, -0.1) is 11.3 Å². The fourth-order valence-electron chi connectivity index (χ4n) is 1.96. The van der Waals surface area contributed by atoms with E-state index in [4.69, 9.17) is 16.9 Å². The predicted octanol–water partition coefficient (Wildman–Crippen LogP) is 1.93. The second-order valence-electron chi connectivity index (χ2n) is 4.74. The SMILES string of the molecule is C[NH+](CC(=O)Nc1cc(Cl)ccc1C#N)Cc1cccs1. The Morgan fingerprint density at radius 2 is 2.29 bits per heavy atom. The summed E-state index contributed by atoms with van der Waals surface area (Å²) in [7, 11) is 1.96. The summed E-state index contributed by atoms with van der Waals surface area (Å²) in [6, 6.07) is 10.9. The molecule has 0 spiro atoms. The number of hydrogen-bond acceptors (Lipinski definition) is 3. The lowest BCUT2D eigenvalue weighted by molar-refractivity contribution is -0.884. The Labute approximate surface area is 132 Å². The van der Waals surface area contributed by atoms with Crippen molar-refractivity contribution in [1.29, 1.82) is 5.26 Å². The smallest absolute Gasteiger partial charge is 0.279 e. The maximum atomic E-state index is 12.0. The number of carbonyl (C=O) groups excluding carboxylic acids is 1. The van der Waals surface area contributed by atoms with Crippen LogP contribution in [0.2, 0.25) is 5.02 Å². The van der Waals surface area contributed by atoms with Gasteiger partial charge in [-0.1, -0.05) is 17.7 Å². The van der Waals surface area contributed by atoms with Gasteiger partial charge in [0.05, 0.1) is 23.2 Å². The average molecular weight is 321 g/mol. The molecule has 1 atom stereocenters. The number of thiophene rings is 1. The molecular weight excluding hydrogens is 306 g/mol. The second kappa shape index (κ2) is 7.23. The molecule has 1 heterocycles. The Morgan fingerprint density at radius 3 is 2.95 bits per heavy atom. The molecule has 0 aliphatic rings. The number of benzene rings is 1. The molecule has 0 saturated carbocycles. The summed E-state index contributed by atoms with van der Waals surface area (Å²) < 4.78 is 0. The Bertz CT molecular complexity index is 664. The van der Waals surface area contributed by atoms with Crippen LogP contribution in [0.15, 0.2) is 35.7 Å². The van der Waals surface area contributed by atoms with E-state index in [1.54, 1.807) is 29.5 Å². The highest BCUT2D eigenvalue weighted by atomic mass is 35.5. The van der Waals surface area contributed by atoms with Crippen molar-refractivity contribution < 1.29 is 9.69 Å². The lowest BCUT2D eigenvalue weighted by Gasteiger charge is -2.13. The zero-order valence-electron chi connectivity index (χ0n) is 11.5. The van der Waals surface area contributed by atoms with Gasteiger partial charge in [-0.25, -0.2) is 0 Å². The Hall–Kier alpha value is -1.87. The molecule has 2 N–H and O–H groups in total. The summed E-state index contributed by atoms with van der Waals surface area (Å²) in [5.74, 6) is -0.136. The highest BCUT2D eigenvalue weighted by molar-refractivity contribution is 7.09.